The van der Waals surface area contributed by atoms with Crippen molar-refractivity contribution in [1.29, 1.82) is 0 Å². The number of nitrogens with one attached hydrogen (secondary N) is 1. The lowest BCUT2D eigenvalue weighted by Gasteiger charge is -2.29. The summed E-state index contributed by atoms with van der Waals surface area (Å²) in [5.74, 6) is -0.869. The molecule has 0 aliphatic carbocycles. The number of hydrogen-bond donors (Lipinski definition) is 2. The lowest BCUT2D eigenvalue weighted by molar-refractivity contribution is -0.133. The molecular formula is C16H22N2O5S2. The van der Waals surface area contributed by atoms with Crippen LogP contribution in [0.2, 0.25) is 0 Å². The highest BCUT2D eigenvalue weighted by molar-refractivity contribution is 8.00. The lowest BCUT2D eigenvalue weighted by Crippen LogP contribution is -2.37. The third-order valence-electron chi connectivity index (χ3n) is 3.98. The number of carbonyl (C=O) groups excluding carboxylic acids is 1. The zero-order chi connectivity index (χ0) is 18.4. The van der Waals surface area contributed by atoms with Gasteiger partial charge in [0, 0.05) is 18.8 Å². The Labute approximate surface area is 151 Å². The van der Waals surface area contributed by atoms with Crippen LogP contribution in [0.15, 0.2) is 29.2 Å². The van der Waals surface area contributed by atoms with E-state index in [4.69, 9.17) is 5.11 Å². The molecule has 25 heavy (non-hydrogen) atoms. The molecule has 0 saturated carbocycles. The van der Waals surface area contributed by atoms with Gasteiger partial charge in [-0.25, -0.2) is 8.42 Å². The molecule has 138 valence electrons. The van der Waals surface area contributed by atoms with Gasteiger partial charge in [-0.05, 0) is 43.0 Å². The number of carboxylic acids is 1. The predicted octanol–water partition coefficient (Wildman–Crippen LogP) is 1.86. The fourth-order valence-electron chi connectivity index (χ4n) is 2.51. The third kappa shape index (κ3) is 5.72. The van der Waals surface area contributed by atoms with Gasteiger partial charge in [-0.3, -0.25) is 9.59 Å². The average Bonchev–Trinajstić information content (AvgIpc) is 2.55. The zero-order valence-electron chi connectivity index (χ0n) is 14.0. The van der Waals surface area contributed by atoms with Crippen LogP contribution < -0.4 is 5.32 Å². The Morgan fingerprint density at radius 1 is 1.20 bits per heavy atom. The summed E-state index contributed by atoms with van der Waals surface area (Å²) in [6.45, 7) is 3.18. The number of carboxylic acid groups (broad SMARTS) is 1. The number of carbonyl (C=O) groups is 2. The first kappa shape index (κ1) is 19.7. The molecule has 0 unspecified atom stereocenters. The van der Waals surface area contributed by atoms with E-state index in [0.717, 1.165) is 24.6 Å². The van der Waals surface area contributed by atoms with E-state index in [1.54, 1.807) is 12.1 Å². The van der Waals surface area contributed by atoms with Crippen molar-refractivity contribution in [3.05, 3.63) is 24.3 Å². The maximum atomic E-state index is 12.6. The number of amides is 1. The molecule has 1 aromatic rings. The van der Waals surface area contributed by atoms with Gasteiger partial charge >= 0.3 is 5.97 Å². The van der Waals surface area contributed by atoms with Gasteiger partial charge in [-0.2, -0.15) is 4.31 Å². The predicted molar refractivity (Wildman–Crippen MR) is 97.2 cm³/mol. The van der Waals surface area contributed by atoms with Crippen LogP contribution in [-0.2, 0) is 19.6 Å². The number of benzene rings is 1. The number of aliphatic carboxylic acids is 1. The molecule has 7 nitrogen and oxygen atoms in total. The summed E-state index contributed by atoms with van der Waals surface area (Å²) >= 11 is 1.00. The number of piperidine rings is 1. The van der Waals surface area contributed by atoms with Crippen LogP contribution in [0.25, 0.3) is 0 Å². The molecule has 1 heterocycles. The van der Waals surface area contributed by atoms with Gasteiger partial charge in [0.1, 0.15) is 0 Å². The van der Waals surface area contributed by atoms with Gasteiger partial charge in [0.15, 0.2) is 0 Å². The fraction of sp³-hybridized carbons (Fsp3) is 0.500. The third-order valence-corrected chi connectivity index (χ3v) is 6.81. The molecule has 0 radical (unpaired) electrons. The molecule has 1 amide bonds. The maximum absolute atomic E-state index is 12.6. The van der Waals surface area contributed by atoms with E-state index < -0.39 is 16.0 Å². The monoisotopic (exact) mass is 386 g/mol. The van der Waals surface area contributed by atoms with Crippen LogP contribution in [0.3, 0.4) is 0 Å². The summed E-state index contributed by atoms with van der Waals surface area (Å²) in [5, 5.41) is 11.1. The van der Waals surface area contributed by atoms with Crippen LogP contribution in [0.1, 0.15) is 19.8 Å². The fourth-order valence-corrected chi connectivity index (χ4v) is 4.52. The molecule has 0 spiro atoms. The Bertz CT molecular complexity index is 711. The number of anilines is 1. The van der Waals surface area contributed by atoms with Crippen molar-refractivity contribution in [3.8, 4) is 0 Å². The average molecular weight is 386 g/mol. The quantitative estimate of drug-likeness (QED) is 0.741. The van der Waals surface area contributed by atoms with E-state index in [9.17, 15) is 18.0 Å². The van der Waals surface area contributed by atoms with Crippen molar-refractivity contribution in [2.75, 3.05) is 29.9 Å². The summed E-state index contributed by atoms with van der Waals surface area (Å²) in [7, 11) is -3.50. The minimum absolute atomic E-state index is 0.0261. The molecule has 1 aromatic carbocycles. The van der Waals surface area contributed by atoms with Crippen molar-refractivity contribution in [2.24, 2.45) is 5.92 Å². The molecule has 2 rings (SSSR count). The van der Waals surface area contributed by atoms with Crippen LogP contribution >= 0.6 is 11.8 Å². The summed E-state index contributed by atoms with van der Waals surface area (Å²) in [6.07, 6.45) is 1.72. The highest BCUT2D eigenvalue weighted by Crippen LogP contribution is 2.24. The normalized spacial score (nSPS) is 16.5. The molecule has 0 aromatic heterocycles. The molecule has 1 fully saturated rings. The van der Waals surface area contributed by atoms with Crippen molar-refractivity contribution in [1.82, 2.24) is 4.31 Å². The lowest BCUT2D eigenvalue weighted by atomic mass is 10.0. The number of nitrogens with zero attached hydrogens (tertiary/aromatic N) is 1. The van der Waals surface area contributed by atoms with Crippen molar-refractivity contribution >= 4 is 39.3 Å². The Kier molecular flexibility index (Phi) is 6.86. The van der Waals surface area contributed by atoms with E-state index in [-0.39, 0.29) is 22.3 Å². The summed E-state index contributed by atoms with van der Waals surface area (Å²) in [4.78, 5) is 22.3. The van der Waals surface area contributed by atoms with Crippen molar-refractivity contribution in [3.63, 3.8) is 0 Å². The molecule has 0 bridgehead atoms. The molecule has 9 heteroatoms. The number of rotatable bonds is 7. The van der Waals surface area contributed by atoms with E-state index in [1.165, 1.54) is 16.4 Å². The van der Waals surface area contributed by atoms with Gasteiger partial charge < -0.3 is 10.4 Å². The SMILES string of the molecule is CC1CCN(S(=O)(=O)c2ccc(NC(=O)CSCC(=O)O)cc2)CC1. The van der Waals surface area contributed by atoms with Crippen molar-refractivity contribution in [2.45, 2.75) is 24.7 Å². The Morgan fingerprint density at radius 3 is 2.36 bits per heavy atom. The Morgan fingerprint density at radius 2 is 1.80 bits per heavy atom. The minimum atomic E-state index is -3.50. The van der Waals surface area contributed by atoms with Crippen LogP contribution in [0.4, 0.5) is 5.69 Å². The van der Waals surface area contributed by atoms with Crippen LogP contribution in [0, 0.1) is 5.92 Å². The molecule has 2 N–H and O–H groups in total. The van der Waals surface area contributed by atoms with Gasteiger partial charge in [0.2, 0.25) is 15.9 Å². The zero-order valence-corrected chi connectivity index (χ0v) is 15.6. The first-order chi connectivity index (χ1) is 11.8. The summed E-state index contributed by atoms with van der Waals surface area (Å²) < 4.78 is 26.7. The number of sulfonamides is 1. The minimum Gasteiger partial charge on any atom is -0.481 e. The molecule has 1 saturated heterocycles. The standard InChI is InChI=1S/C16H22N2O5S2/c1-12-6-8-18(9-7-12)25(22,23)14-4-2-13(3-5-14)17-15(19)10-24-11-16(20)21/h2-5,12H,6-11H2,1H3,(H,17,19)(H,20,21). The molecule has 1 aliphatic rings. The van der Waals surface area contributed by atoms with Gasteiger partial charge in [0.25, 0.3) is 0 Å². The van der Waals surface area contributed by atoms with Crippen molar-refractivity contribution < 1.29 is 23.1 Å². The highest BCUT2D eigenvalue weighted by Gasteiger charge is 2.27. The largest absolute Gasteiger partial charge is 0.481 e. The first-order valence-corrected chi connectivity index (χ1v) is 10.6. The van der Waals surface area contributed by atoms with E-state index in [2.05, 4.69) is 12.2 Å². The van der Waals surface area contributed by atoms with Gasteiger partial charge in [0.05, 0.1) is 16.4 Å². The van der Waals surface area contributed by atoms with Gasteiger partial charge in [-0.15, -0.1) is 11.8 Å². The smallest absolute Gasteiger partial charge is 0.313 e. The Hall–Kier alpha value is -1.58. The summed E-state index contributed by atoms with van der Waals surface area (Å²) in [6, 6.07) is 6.04. The second-order valence-electron chi connectivity index (χ2n) is 6.05. The van der Waals surface area contributed by atoms with E-state index in [0.29, 0.717) is 24.7 Å². The highest BCUT2D eigenvalue weighted by atomic mass is 32.2. The van der Waals surface area contributed by atoms with E-state index >= 15 is 0 Å². The summed E-state index contributed by atoms with van der Waals surface area (Å²) in [5.41, 5.74) is 0.479. The van der Waals surface area contributed by atoms with Gasteiger partial charge in [-0.1, -0.05) is 6.92 Å². The topological polar surface area (TPSA) is 104 Å². The van der Waals surface area contributed by atoms with Crippen LogP contribution in [0.5, 0.6) is 0 Å². The molecular weight excluding hydrogens is 364 g/mol. The number of hydrogen-bond acceptors (Lipinski definition) is 5. The van der Waals surface area contributed by atoms with Crippen LogP contribution in [-0.4, -0.2) is 54.3 Å². The molecule has 0 atom stereocenters. The Balaban J connectivity index is 1.94. The van der Waals surface area contributed by atoms with E-state index in [1.807, 2.05) is 0 Å². The number of thioether (sulfide) groups is 1. The maximum Gasteiger partial charge on any atom is 0.313 e. The molecule has 1 aliphatic heterocycles. The second-order valence-corrected chi connectivity index (χ2v) is 8.97. The first-order valence-electron chi connectivity index (χ1n) is 7.98. The second kappa shape index (κ2) is 8.68.